The van der Waals surface area contributed by atoms with Gasteiger partial charge in [0.1, 0.15) is 0 Å². The molecule has 106 valence electrons. The van der Waals surface area contributed by atoms with Gasteiger partial charge in [0, 0.05) is 38.3 Å². The van der Waals surface area contributed by atoms with E-state index < -0.39 is 0 Å². The standard InChI is InChI=1S/C15H30N2O/c1-5-13-10-17(14(9-16-13)12(2)3)11-15(4)7-6-8-18-15/h12-14,16H,5-11H2,1-4H3. The molecule has 3 nitrogen and oxygen atoms in total. The molecule has 18 heavy (non-hydrogen) atoms. The predicted octanol–water partition coefficient (Wildman–Crippen LogP) is 2.26. The number of ether oxygens (including phenoxy) is 1. The van der Waals surface area contributed by atoms with Gasteiger partial charge in [0.25, 0.3) is 0 Å². The molecule has 2 rings (SSSR count). The minimum absolute atomic E-state index is 0.1000. The molecular formula is C15H30N2O. The van der Waals surface area contributed by atoms with Gasteiger partial charge in [-0.2, -0.15) is 0 Å². The fourth-order valence-electron chi connectivity index (χ4n) is 3.40. The maximum absolute atomic E-state index is 5.98. The molecule has 0 spiro atoms. The Hall–Kier alpha value is -0.120. The second kappa shape index (κ2) is 5.89. The molecule has 1 N–H and O–H groups in total. The van der Waals surface area contributed by atoms with Crippen molar-refractivity contribution in [1.29, 1.82) is 0 Å². The Morgan fingerprint density at radius 2 is 2.22 bits per heavy atom. The summed E-state index contributed by atoms with van der Waals surface area (Å²) in [6.45, 7) is 13.6. The van der Waals surface area contributed by atoms with E-state index in [-0.39, 0.29) is 5.60 Å². The molecule has 2 fully saturated rings. The van der Waals surface area contributed by atoms with E-state index in [0.29, 0.717) is 18.0 Å². The van der Waals surface area contributed by atoms with Gasteiger partial charge in [0.05, 0.1) is 5.60 Å². The normalized spacial score (nSPS) is 38.5. The molecule has 3 heteroatoms. The Bertz CT molecular complexity index is 261. The predicted molar refractivity (Wildman–Crippen MR) is 75.9 cm³/mol. The summed E-state index contributed by atoms with van der Waals surface area (Å²) in [5, 5.41) is 3.69. The van der Waals surface area contributed by atoms with Crippen molar-refractivity contribution >= 4 is 0 Å². The summed E-state index contributed by atoms with van der Waals surface area (Å²) in [6.07, 6.45) is 3.67. The highest BCUT2D eigenvalue weighted by Crippen LogP contribution is 2.28. The van der Waals surface area contributed by atoms with E-state index in [1.165, 1.54) is 25.8 Å². The highest BCUT2D eigenvalue weighted by atomic mass is 16.5. The average molecular weight is 254 g/mol. The number of nitrogens with one attached hydrogen (secondary N) is 1. The van der Waals surface area contributed by atoms with Crippen molar-refractivity contribution in [1.82, 2.24) is 10.2 Å². The summed E-state index contributed by atoms with van der Waals surface area (Å²) in [5.41, 5.74) is 0.1000. The Labute approximate surface area is 112 Å². The van der Waals surface area contributed by atoms with E-state index in [9.17, 15) is 0 Å². The molecule has 0 aromatic carbocycles. The van der Waals surface area contributed by atoms with Gasteiger partial charge in [-0.1, -0.05) is 20.8 Å². The molecule has 0 saturated carbocycles. The van der Waals surface area contributed by atoms with Gasteiger partial charge in [-0.25, -0.2) is 0 Å². The molecule has 2 saturated heterocycles. The first-order chi connectivity index (χ1) is 8.54. The number of hydrogen-bond donors (Lipinski definition) is 1. The van der Waals surface area contributed by atoms with Crippen LogP contribution in [0, 0.1) is 5.92 Å². The lowest BCUT2D eigenvalue weighted by Gasteiger charge is -2.45. The monoisotopic (exact) mass is 254 g/mol. The minimum Gasteiger partial charge on any atom is -0.374 e. The summed E-state index contributed by atoms with van der Waals surface area (Å²) in [6, 6.07) is 1.32. The first-order valence-corrected chi connectivity index (χ1v) is 7.65. The van der Waals surface area contributed by atoms with Crippen LogP contribution in [0.4, 0.5) is 0 Å². The molecule has 0 amide bonds. The molecule has 2 aliphatic heterocycles. The van der Waals surface area contributed by atoms with Crippen molar-refractivity contribution in [2.45, 2.75) is 64.6 Å². The second-order valence-corrected chi connectivity index (χ2v) is 6.66. The molecule has 2 aliphatic rings. The minimum atomic E-state index is 0.1000. The number of piperazine rings is 1. The van der Waals surface area contributed by atoms with Gasteiger partial charge in [0.15, 0.2) is 0 Å². The number of nitrogens with zero attached hydrogens (tertiary/aromatic N) is 1. The Morgan fingerprint density at radius 3 is 2.78 bits per heavy atom. The van der Waals surface area contributed by atoms with Crippen LogP contribution in [0.1, 0.15) is 47.0 Å². The van der Waals surface area contributed by atoms with E-state index >= 15 is 0 Å². The zero-order valence-electron chi connectivity index (χ0n) is 12.5. The highest BCUT2D eigenvalue weighted by Gasteiger charge is 2.37. The van der Waals surface area contributed by atoms with E-state index in [4.69, 9.17) is 4.74 Å². The lowest BCUT2D eigenvalue weighted by Crippen LogP contribution is -2.60. The lowest BCUT2D eigenvalue weighted by atomic mass is 9.94. The quantitative estimate of drug-likeness (QED) is 0.833. The van der Waals surface area contributed by atoms with Crippen molar-refractivity contribution in [3.05, 3.63) is 0 Å². The molecule has 3 atom stereocenters. The van der Waals surface area contributed by atoms with Gasteiger partial charge in [-0.05, 0) is 32.1 Å². The Morgan fingerprint density at radius 1 is 1.44 bits per heavy atom. The van der Waals surface area contributed by atoms with E-state index in [2.05, 4.69) is 37.9 Å². The largest absolute Gasteiger partial charge is 0.374 e. The SMILES string of the molecule is CCC1CN(CC2(C)CCCO2)C(C(C)C)CN1. The molecule has 0 aliphatic carbocycles. The number of rotatable bonds is 4. The van der Waals surface area contributed by atoms with Crippen molar-refractivity contribution in [2.75, 3.05) is 26.2 Å². The first-order valence-electron chi connectivity index (χ1n) is 7.65. The van der Waals surface area contributed by atoms with Crippen molar-refractivity contribution in [3.63, 3.8) is 0 Å². The van der Waals surface area contributed by atoms with E-state index in [1.54, 1.807) is 0 Å². The smallest absolute Gasteiger partial charge is 0.0781 e. The summed E-state index contributed by atoms with van der Waals surface area (Å²) in [7, 11) is 0. The molecule has 0 aromatic heterocycles. The molecule has 0 bridgehead atoms. The van der Waals surface area contributed by atoms with Crippen LogP contribution >= 0.6 is 0 Å². The Balaban J connectivity index is 2.00. The zero-order chi connectivity index (χ0) is 13.2. The third-order valence-electron chi connectivity index (χ3n) is 4.64. The van der Waals surface area contributed by atoms with Gasteiger partial charge >= 0.3 is 0 Å². The van der Waals surface area contributed by atoms with Crippen molar-refractivity contribution in [2.24, 2.45) is 5.92 Å². The fourth-order valence-corrected chi connectivity index (χ4v) is 3.40. The highest BCUT2D eigenvalue weighted by molar-refractivity contribution is 4.92. The summed E-state index contributed by atoms with van der Waals surface area (Å²) in [5.74, 6) is 0.709. The van der Waals surface area contributed by atoms with Crippen molar-refractivity contribution < 1.29 is 4.74 Å². The number of hydrogen-bond acceptors (Lipinski definition) is 3. The van der Waals surface area contributed by atoms with Gasteiger partial charge < -0.3 is 10.1 Å². The fraction of sp³-hybridized carbons (Fsp3) is 1.00. The average Bonchev–Trinajstić information content (AvgIpc) is 2.75. The molecule has 0 aromatic rings. The van der Waals surface area contributed by atoms with Crippen LogP contribution < -0.4 is 5.32 Å². The molecular weight excluding hydrogens is 224 g/mol. The summed E-state index contributed by atoms with van der Waals surface area (Å²) < 4.78 is 5.98. The maximum atomic E-state index is 5.98. The van der Waals surface area contributed by atoms with Crippen LogP contribution in [0.3, 0.4) is 0 Å². The third kappa shape index (κ3) is 3.25. The topological polar surface area (TPSA) is 24.5 Å². The molecule has 0 radical (unpaired) electrons. The molecule has 2 heterocycles. The van der Waals surface area contributed by atoms with Crippen LogP contribution in [0.25, 0.3) is 0 Å². The summed E-state index contributed by atoms with van der Waals surface area (Å²) in [4.78, 5) is 2.68. The van der Waals surface area contributed by atoms with Crippen LogP contribution in [0.5, 0.6) is 0 Å². The van der Waals surface area contributed by atoms with E-state index in [1.807, 2.05) is 0 Å². The lowest BCUT2D eigenvalue weighted by molar-refractivity contribution is -0.0342. The van der Waals surface area contributed by atoms with E-state index in [0.717, 1.165) is 19.7 Å². The van der Waals surface area contributed by atoms with Gasteiger partial charge in [-0.3, -0.25) is 4.90 Å². The first kappa shape index (κ1) is 14.3. The van der Waals surface area contributed by atoms with Crippen LogP contribution in [0.2, 0.25) is 0 Å². The van der Waals surface area contributed by atoms with Crippen LogP contribution in [-0.4, -0.2) is 48.8 Å². The molecule has 3 unspecified atom stereocenters. The van der Waals surface area contributed by atoms with Gasteiger partial charge in [-0.15, -0.1) is 0 Å². The maximum Gasteiger partial charge on any atom is 0.0781 e. The Kier molecular flexibility index (Phi) is 4.68. The van der Waals surface area contributed by atoms with Gasteiger partial charge in [0.2, 0.25) is 0 Å². The zero-order valence-corrected chi connectivity index (χ0v) is 12.5. The third-order valence-corrected chi connectivity index (χ3v) is 4.64. The van der Waals surface area contributed by atoms with Crippen LogP contribution in [-0.2, 0) is 4.74 Å². The summed E-state index contributed by atoms with van der Waals surface area (Å²) >= 11 is 0. The van der Waals surface area contributed by atoms with Crippen LogP contribution in [0.15, 0.2) is 0 Å². The second-order valence-electron chi connectivity index (χ2n) is 6.66. The van der Waals surface area contributed by atoms with Crippen molar-refractivity contribution in [3.8, 4) is 0 Å².